The van der Waals surface area contributed by atoms with Crippen LogP contribution >= 0.6 is 0 Å². The van der Waals surface area contributed by atoms with Gasteiger partial charge in [0.05, 0.1) is 12.3 Å². The number of hydrogen-bond donors (Lipinski definition) is 1. The Bertz CT molecular complexity index is 1240. The van der Waals surface area contributed by atoms with Gasteiger partial charge in [-0.15, -0.1) is 5.10 Å². The molecule has 4 rings (SSSR count). The van der Waals surface area contributed by atoms with Crippen LogP contribution in [0.1, 0.15) is 34.2 Å². The number of anilines is 1. The summed E-state index contributed by atoms with van der Waals surface area (Å²) in [4.78, 5) is 17.6. The van der Waals surface area contributed by atoms with E-state index < -0.39 is 0 Å². The highest BCUT2D eigenvalue weighted by Gasteiger charge is 2.20. The topological polar surface area (TPSA) is 69.0 Å². The molecule has 1 N–H and O–H groups in total. The van der Waals surface area contributed by atoms with Crippen molar-refractivity contribution in [3.8, 4) is 22.8 Å². The van der Waals surface area contributed by atoms with E-state index in [2.05, 4.69) is 27.5 Å². The first kappa shape index (κ1) is 21.3. The van der Waals surface area contributed by atoms with E-state index >= 15 is 0 Å². The van der Waals surface area contributed by atoms with E-state index in [1.54, 1.807) is 16.8 Å². The molecule has 0 bridgehead atoms. The molecule has 1 aromatic heterocycles. The Morgan fingerprint density at radius 1 is 0.938 bits per heavy atom. The van der Waals surface area contributed by atoms with Crippen LogP contribution < -0.4 is 10.1 Å². The fraction of sp³-hybridized carbons (Fsp3) is 0.192. The van der Waals surface area contributed by atoms with E-state index in [1.165, 1.54) is 0 Å². The van der Waals surface area contributed by atoms with Crippen molar-refractivity contribution in [2.45, 2.75) is 27.7 Å². The quantitative estimate of drug-likeness (QED) is 0.441. The number of aromatic nitrogens is 3. The fourth-order valence-corrected chi connectivity index (χ4v) is 3.40. The van der Waals surface area contributed by atoms with Crippen LogP contribution in [0.25, 0.3) is 17.1 Å². The maximum Gasteiger partial charge on any atom is 0.295 e. The minimum Gasteiger partial charge on any atom is -0.494 e. The first-order valence-corrected chi connectivity index (χ1v) is 10.6. The molecule has 4 aromatic rings. The second-order valence-corrected chi connectivity index (χ2v) is 7.74. The zero-order valence-corrected chi connectivity index (χ0v) is 18.7. The van der Waals surface area contributed by atoms with Crippen molar-refractivity contribution in [3.63, 3.8) is 0 Å². The van der Waals surface area contributed by atoms with Gasteiger partial charge >= 0.3 is 0 Å². The molecule has 162 valence electrons. The molecule has 32 heavy (non-hydrogen) atoms. The molecule has 0 spiro atoms. The summed E-state index contributed by atoms with van der Waals surface area (Å²) in [7, 11) is 0. The Kier molecular flexibility index (Phi) is 6.03. The number of nitrogens with zero attached hydrogens (tertiary/aromatic N) is 3. The minimum atomic E-state index is -0.369. The van der Waals surface area contributed by atoms with Crippen molar-refractivity contribution in [1.29, 1.82) is 0 Å². The number of nitrogens with one attached hydrogen (secondary N) is 1. The Hall–Kier alpha value is -3.93. The normalized spacial score (nSPS) is 10.8. The molecule has 6 nitrogen and oxygen atoms in total. The summed E-state index contributed by atoms with van der Waals surface area (Å²) < 4.78 is 7.21. The molecule has 1 amide bonds. The smallest absolute Gasteiger partial charge is 0.295 e. The summed E-state index contributed by atoms with van der Waals surface area (Å²) >= 11 is 0. The first-order valence-electron chi connectivity index (χ1n) is 10.6. The predicted octanol–water partition coefficient (Wildman–Crippen LogP) is 5.51. The van der Waals surface area contributed by atoms with Crippen LogP contribution in [0.15, 0.2) is 66.7 Å². The van der Waals surface area contributed by atoms with E-state index in [9.17, 15) is 4.79 Å². The number of hydrogen-bond acceptors (Lipinski definition) is 4. The minimum absolute atomic E-state index is 0.107. The van der Waals surface area contributed by atoms with Crippen LogP contribution in [0.3, 0.4) is 0 Å². The third kappa shape index (κ3) is 4.54. The Balaban J connectivity index is 1.72. The number of aryl methyl sites for hydroxylation is 3. The highest BCUT2D eigenvalue weighted by molar-refractivity contribution is 6.01. The molecule has 0 aliphatic rings. The second-order valence-electron chi connectivity index (χ2n) is 7.74. The van der Waals surface area contributed by atoms with Crippen LogP contribution in [0.4, 0.5) is 5.69 Å². The van der Waals surface area contributed by atoms with E-state index in [0.717, 1.165) is 33.7 Å². The van der Waals surface area contributed by atoms with Crippen LogP contribution in [0.2, 0.25) is 0 Å². The zero-order valence-electron chi connectivity index (χ0n) is 18.7. The Morgan fingerprint density at radius 2 is 1.62 bits per heavy atom. The lowest BCUT2D eigenvalue weighted by Crippen LogP contribution is -2.14. The van der Waals surface area contributed by atoms with E-state index in [1.807, 2.05) is 70.2 Å². The van der Waals surface area contributed by atoms with E-state index in [0.29, 0.717) is 18.1 Å². The highest BCUT2D eigenvalue weighted by atomic mass is 16.5. The van der Waals surface area contributed by atoms with Gasteiger partial charge in [0, 0.05) is 11.3 Å². The van der Waals surface area contributed by atoms with E-state index in [4.69, 9.17) is 4.74 Å². The van der Waals surface area contributed by atoms with Gasteiger partial charge in [0.15, 0.2) is 5.82 Å². The van der Waals surface area contributed by atoms with Gasteiger partial charge in [-0.25, -0.2) is 9.67 Å². The maximum atomic E-state index is 13.0. The van der Waals surface area contributed by atoms with Crippen LogP contribution in [0.5, 0.6) is 5.75 Å². The lowest BCUT2D eigenvalue weighted by atomic mass is 10.1. The van der Waals surface area contributed by atoms with Gasteiger partial charge in [0.25, 0.3) is 5.91 Å². The van der Waals surface area contributed by atoms with Crippen molar-refractivity contribution < 1.29 is 9.53 Å². The zero-order chi connectivity index (χ0) is 22.7. The van der Waals surface area contributed by atoms with Gasteiger partial charge in [-0.2, -0.15) is 0 Å². The Morgan fingerprint density at radius 3 is 2.31 bits per heavy atom. The average Bonchev–Trinajstić information content (AvgIpc) is 3.23. The van der Waals surface area contributed by atoms with Gasteiger partial charge < -0.3 is 10.1 Å². The van der Waals surface area contributed by atoms with E-state index in [-0.39, 0.29) is 11.7 Å². The first-order chi connectivity index (χ1) is 15.4. The molecule has 0 radical (unpaired) electrons. The third-order valence-corrected chi connectivity index (χ3v) is 5.14. The summed E-state index contributed by atoms with van der Waals surface area (Å²) in [6.45, 7) is 8.61. The summed E-state index contributed by atoms with van der Waals surface area (Å²) in [6, 6.07) is 21.4. The van der Waals surface area contributed by atoms with Crippen molar-refractivity contribution in [3.05, 3.63) is 89.2 Å². The number of rotatable bonds is 6. The molecule has 0 aliphatic heterocycles. The number of carbonyl (C=O) groups is 1. The van der Waals surface area contributed by atoms with Crippen molar-refractivity contribution in [1.82, 2.24) is 14.8 Å². The van der Waals surface area contributed by atoms with Crippen LogP contribution in [-0.2, 0) is 0 Å². The van der Waals surface area contributed by atoms with Crippen LogP contribution in [0, 0.1) is 20.8 Å². The molecule has 0 atom stereocenters. The molecule has 0 unspecified atom stereocenters. The Labute approximate surface area is 187 Å². The standard InChI is InChI=1S/C26H26N4O2/c1-5-32-22-14-12-21(13-15-22)27-26(31)24-28-25(20-10-7-17(2)8-11-20)30(29-24)23-16-18(3)6-9-19(23)4/h6-16H,5H2,1-4H3,(H,27,31). The number of carbonyl (C=O) groups excluding carboxylic acids is 1. The van der Waals surface area contributed by atoms with Crippen LogP contribution in [-0.4, -0.2) is 27.3 Å². The van der Waals surface area contributed by atoms with Crippen molar-refractivity contribution in [2.24, 2.45) is 0 Å². The van der Waals surface area contributed by atoms with Gasteiger partial charge in [-0.1, -0.05) is 42.0 Å². The monoisotopic (exact) mass is 426 g/mol. The lowest BCUT2D eigenvalue weighted by molar-refractivity contribution is 0.101. The molecule has 0 aliphatic carbocycles. The highest BCUT2D eigenvalue weighted by Crippen LogP contribution is 2.25. The molecule has 3 aromatic carbocycles. The molecule has 1 heterocycles. The lowest BCUT2D eigenvalue weighted by Gasteiger charge is -2.10. The summed E-state index contributed by atoms with van der Waals surface area (Å²) in [5, 5.41) is 7.47. The van der Waals surface area contributed by atoms with Crippen molar-refractivity contribution >= 4 is 11.6 Å². The summed E-state index contributed by atoms with van der Waals surface area (Å²) in [5.74, 6) is 1.11. The number of ether oxygens (including phenoxy) is 1. The molecule has 0 saturated heterocycles. The summed E-state index contributed by atoms with van der Waals surface area (Å²) in [5.41, 5.74) is 5.75. The summed E-state index contributed by atoms with van der Waals surface area (Å²) in [6.07, 6.45) is 0. The van der Waals surface area contributed by atoms with Crippen molar-refractivity contribution in [2.75, 3.05) is 11.9 Å². The molecular weight excluding hydrogens is 400 g/mol. The largest absolute Gasteiger partial charge is 0.494 e. The third-order valence-electron chi connectivity index (χ3n) is 5.14. The predicted molar refractivity (Wildman–Crippen MR) is 127 cm³/mol. The molecule has 0 saturated carbocycles. The SMILES string of the molecule is CCOc1ccc(NC(=O)c2nc(-c3ccc(C)cc3)n(-c3cc(C)ccc3C)n2)cc1. The number of amides is 1. The molecule has 6 heteroatoms. The fourth-order valence-electron chi connectivity index (χ4n) is 3.40. The molecular formula is C26H26N4O2. The van der Waals surface area contributed by atoms with Gasteiger partial charge in [-0.05, 0) is 69.2 Å². The molecule has 0 fully saturated rings. The second kappa shape index (κ2) is 9.06. The number of benzene rings is 3. The average molecular weight is 427 g/mol. The van der Waals surface area contributed by atoms with Gasteiger partial charge in [0.2, 0.25) is 5.82 Å². The van der Waals surface area contributed by atoms with Gasteiger partial charge in [0.1, 0.15) is 5.75 Å². The maximum absolute atomic E-state index is 13.0. The van der Waals surface area contributed by atoms with Gasteiger partial charge in [-0.3, -0.25) is 4.79 Å².